The minimum absolute atomic E-state index is 0.152. The first-order chi connectivity index (χ1) is 5.57. The first-order valence-electron chi connectivity index (χ1n) is 3.39. The molecule has 0 saturated heterocycles. The second-order valence-electron chi connectivity index (χ2n) is 2.31. The summed E-state index contributed by atoms with van der Waals surface area (Å²) in [6, 6.07) is 1.20. The van der Waals surface area contributed by atoms with Gasteiger partial charge in [0.25, 0.3) is 0 Å². The Labute approximate surface area is 86.2 Å². The van der Waals surface area contributed by atoms with E-state index in [1.165, 1.54) is 6.07 Å². The van der Waals surface area contributed by atoms with E-state index in [0.717, 1.165) is 5.56 Å². The first-order valence-corrected chi connectivity index (χ1v) is 4.98. The van der Waals surface area contributed by atoms with E-state index >= 15 is 0 Å². The van der Waals surface area contributed by atoms with Crippen molar-refractivity contribution in [3.8, 4) is 0 Å². The maximum absolute atomic E-state index is 12.9. The highest BCUT2D eigenvalue weighted by Crippen LogP contribution is 2.31. The van der Waals surface area contributed by atoms with Crippen molar-refractivity contribution in [1.29, 1.82) is 0 Å². The molecule has 0 aliphatic heterocycles. The average Bonchev–Trinajstić information content (AvgIpc) is 2.08. The van der Waals surface area contributed by atoms with Crippen molar-refractivity contribution in [2.24, 2.45) is 0 Å². The normalized spacial score (nSPS) is 10.4. The van der Waals surface area contributed by atoms with Gasteiger partial charge in [-0.05, 0) is 49.9 Å². The lowest BCUT2D eigenvalue weighted by Gasteiger charge is -2.05. The smallest absolute Gasteiger partial charge is 0.174 e. The van der Waals surface area contributed by atoms with Crippen LogP contribution in [0.4, 0.5) is 8.78 Å². The van der Waals surface area contributed by atoms with Gasteiger partial charge in [-0.1, -0.05) is 6.92 Å². The molecule has 0 aliphatic carbocycles. The van der Waals surface area contributed by atoms with Crippen molar-refractivity contribution in [3.63, 3.8) is 0 Å². The molecule has 0 radical (unpaired) electrons. The zero-order valence-corrected chi connectivity index (χ0v) is 9.47. The zero-order valence-electron chi connectivity index (χ0n) is 6.30. The van der Waals surface area contributed by atoms with Crippen LogP contribution in [-0.4, -0.2) is 0 Å². The second kappa shape index (κ2) is 3.83. The van der Waals surface area contributed by atoms with Gasteiger partial charge in [-0.3, -0.25) is 0 Å². The van der Waals surface area contributed by atoms with E-state index in [4.69, 9.17) is 0 Å². The zero-order chi connectivity index (χ0) is 9.30. The molecule has 1 aromatic carbocycles. The van der Waals surface area contributed by atoms with E-state index in [-0.39, 0.29) is 4.47 Å². The molecule has 0 nitrogen and oxygen atoms in total. The summed E-state index contributed by atoms with van der Waals surface area (Å²) in [5.74, 6) is -1.67. The second-order valence-corrected chi connectivity index (χ2v) is 3.90. The van der Waals surface area contributed by atoms with Crippen molar-refractivity contribution >= 4 is 31.9 Å². The molecule has 0 N–H and O–H groups in total. The van der Waals surface area contributed by atoms with E-state index < -0.39 is 11.6 Å². The topological polar surface area (TPSA) is 0 Å². The molecule has 0 atom stereocenters. The number of aryl methyl sites for hydroxylation is 1. The fourth-order valence-electron chi connectivity index (χ4n) is 0.879. The summed E-state index contributed by atoms with van der Waals surface area (Å²) in [5, 5.41) is 0. The van der Waals surface area contributed by atoms with E-state index in [1.807, 2.05) is 6.92 Å². The third-order valence-electron chi connectivity index (χ3n) is 1.56. The molecule has 0 amide bonds. The summed E-state index contributed by atoms with van der Waals surface area (Å²) in [5.41, 5.74) is 0.751. The summed E-state index contributed by atoms with van der Waals surface area (Å²) in [7, 11) is 0. The molecule has 1 rings (SSSR count). The summed E-state index contributed by atoms with van der Waals surface area (Å²) in [6.07, 6.45) is 0.663. The molecule has 0 saturated carbocycles. The van der Waals surface area contributed by atoms with Crippen molar-refractivity contribution in [1.82, 2.24) is 0 Å². The third kappa shape index (κ3) is 1.69. The van der Waals surface area contributed by atoms with E-state index in [2.05, 4.69) is 31.9 Å². The molecular formula is C8H6Br2F2. The van der Waals surface area contributed by atoms with Gasteiger partial charge in [0, 0.05) is 4.47 Å². The van der Waals surface area contributed by atoms with Crippen LogP contribution in [0.2, 0.25) is 0 Å². The van der Waals surface area contributed by atoms with E-state index in [0.29, 0.717) is 10.9 Å². The number of hydrogen-bond donors (Lipinski definition) is 0. The molecular weight excluding hydrogens is 294 g/mol. The summed E-state index contributed by atoms with van der Waals surface area (Å²) in [4.78, 5) is 0. The minimum atomic E-state index is -0.848. The maximum atomic E-state index is 12.9. The molecule has 0 aromatic heterocycles. The standard InChI is InChI=1S/C8H6Br2F2/c1-2-4-3-5(11)8(12)7(10)6(4)9/h3H,2H2,1H3. The summed E-state index contributed by atoms with van der Waals surface area (Å²) < 4.78 is 26.4. The Hall–Kier alpha value is 0.0400. The van der Waals surface area contributed by atoms with Crippen molar-refractivity contribution in [3.05, 3.63) is 32.2 Å². The Morgan fingerprint density at radius 1 is 1.25 bits per heavy atom. The number of rotatable bonds is 1. The Bertz CT molecular complexity index is 310. The van der Waals surface area contributed by atoms with Crippen LogP contribution in [0, 0.1) is 11.6 Å². The molecule has 0 unspecified atom stereocenters. The molecule has 0 bridgehead atoms. The van der Waals surface area contributed by atoms with Gasteiger partial charge in [-0.25, -0.2) is 8.78 Å². The molecule has 0 heterocycles. The quantitative estimate of drug-likeness (QED) is 0.542. The van der Waals surface area contributed by atoms with Crippen LogP contribution in [0.5, 0.6) is 0 Å². The van der Waals surface area contributed by atoms with Crippen LogP contribution in [0.25, 0.3) is 0 Å². The maximum Gasteiger partial charge on any atom is 0.174 e. The molecule has 0 spiro atoms. The van der Waals surface area contributed by atoms with Crippen LogP contribution in [-0.2, 0) is 6.42 Å². The highest BCUT2D eigenvalue weighted by Gasteiger charge is 2.13. The fourth-order valence-corrected chi connectivity index (χ4v) is 1.89. The van der Waals surface area contributed by atoms with Crippen LogP contribution in [0.1, 0.15) is 12.5 Å². The van der Waals surface area contributed by atoms with Crippen LogP contribution in [0.15, 0.2) is 15.0 Å². The van der Waals surface area contributed by atoms with Gasteiger partial charge >= 0.3 is 0 Å². The predicted octanol–water partition coefficient (Wildman–Crippen LogP) is 4.05. The van der Waals surface area contributed by atoms with Gasteiger partial charge < -0.3 is 0 Å². The lowest BCUT2D eigenvalue weighted by Crippen LogP contribution is -1.92. The Morgan fingerprint density at radius 2 is 1.83 bits per heavy atom. The number of benzene rings is 1. The molecule has 12 heavy (non-hydrogen) atoms. The highest BCUT2D eigenvalue weighted by atomic mass is 79.9. The van der Waals surface area contributed by atoms with Crippen LogP contribution in [0.3, 0.4) is 0 Å². The van der Waals surface area contributed by atoms with Gasteiger partial charge in [0.2, 0.25) is 0 Å². The van der Waals surface area contributed by atoms with E-state index in [9.17, 15) is 8.78 Å². The Kier molecular flexibility index (Phi) is 3.23. The van der Waals surface area contributed by atoms with Crippen LogP contribution >= 0.6 is 31.9 Å². The summed E-state index contributed by atoms with van der Waals surface area (Å²) >= 11 is 6.13. The predicted molar refractivity (Wildman–Crippen MR) is 51.1 cm³/mol. The van der Waals surface area contributed by atoms with E-state index in [1.54, 1.807) is 0 Å². The fraction of sp³-hybridized carbons (Fsp3) is 0.250. The van der Waals surface area contributed by atoms with Gasteiger partial charge in [0.05, 0.1) is 4.47 Å². The SMILES string of the molecule is CCc1cc(F)c(F)c(Br)c1Br. The molecule has 0 aliphatic rings. The van der Waals surface area contributed by atoms with Crippen molar-refractivity contribution in [2.45, 2.75) is 13.3 Å². The van der Waals surface area contributed by atoms with Gasteiger partial charge in [0.15, 0.2) is 11.6 Å². The minimum Gasteiger partial charge on any atom is -0.204 e. The molecule has 0 fully saturated rings. The Balaban J connectivity index is 3.39. The van der Waals surface area contributed by atoms with Gasteiger partial charge in [-0.2, -0.15) is 0 Å². The van der Waals surface area contributed by atoms with Gasteiger partial charge in [-0.15, -0.1) is 0 Å². The number of halogens is 4. The van der Waals surface area contributed by atoms with Crippen molar-refractivity contribution < 1.29 is 8.78 Å². The Morgan fingerprint density at radius 3 is 2.33 bits per heavy atom. The van der Waals surface area contributed by atoms with Gasteiger partial charge in [0.1, 0.15) is 0 Å². The molecule has 4 heteroatoms. The van der Waals surface area contributed by atoms with Crippen molar-refractivity contribution in [2.75, 3.05) is 0 Å². The number of hydrogen-bond acceptors (Lipinski definition) is 0. The molecule has 1 aromatic rings. The average molecular weight is 300 g/mol. The highest BCUT2D eigenvalue weighted by molar-refractivity contribution is 9.13. The summed E-state index contributed by atoms with van der Waals surface area (Å²) in [6.45, 7) is 1.88. The molecule has 66 valence electrons. The first kappa shape index (κ1) is 10.1. The largest absolute Gasteiger partial charge is 0.204 e. The van der Waals surface area contributed by atoms with Crippen LogP contribution < -0.4 is 0 Å². The lowest BCUT2D eigenvalue weighted by molar-refractivity contribution is 0.501. The third-order valence-corrected chi connectivity index (χ3v) is 3.74. The monoisotopic (exact) mass is 298 g/mol. The lowest BCUT2D eigenvalue weighted by atomic mass is 10.2.